The molecule has 5 nitrogen and oxygen atoms in total. The minimum absolute atomic E-state index is 0.305. The molecular formula is C16H22O5. The third-order valence-corrected chi connectivity index (χ3v) is 3.78. The van der Waals surface area contributed by atoms with Gasteiger partial charge < -0.3 is 24.1 Å². The average Bonchev–Trinajstić information content (AvgIpc) is 2.91. The molecule has 0 spiro atoms. The molecule has 21 heavy (non-hydrogen) atoms. The molecule has 1 aromatic rings. The Labute approximate surface area is 124 Å². The predicted octanol–water partition coefficient (Wildman–Crippen LogP) is 1.83. The van der Waals surface area contributed by atoms with E-state index in [0.29, 0.717) is 6.61 Å². The Morgan fingerprint density at radius 1 is 1.19 bits per heavy atom. The van der Waals surface area contributed by atoms with E-state index in [1.54, 1.807) is 6.92 Å². The van der Waals surface area contributed by atoms with Crippen LogP contribution in [0.2, 0.25) is 0 Å². The fourth-order valence-electron chi connectivity index (χ4n) is 2.87. The fraction of sp³-hybridized carbons (Fsp3) is 0.625. The molecule has 116 valence electrons. The van der Waals surface area contributed by atoms with Crippen molar-refractivity contribution in [2.45, 2.75) is 63.9 Å². The van der Waals surface area contributed by atoms with Crippen LogP contribution < -0.4 is 0 Å². The van der Waals surface area contributed by atoms with Gasteiger partial charge in [-0.1, -0.05) is 30.3 Å². The van der Waals surface area contributed by atoms with E-state index in [2.05, 4.69) is 0 Å². The number of hydrogen-bond acceptors (Lipinski definition) is 5. The van der Waals surface area contributed by atoms with Crippen LogP contribution in [0.1, 0.15) is 26.3 Å². The molecule has 2 fully saturated rings. The van der Waals surface area contributed by atoms with Gasteiger partial charge in [-0.15, -0.1) is 0 Å². The highest BCUT2D eigenvalue weighted by molar-refractivity contribution is 5.13. The van der Waals surface area contributed by atoms with Crippen molar-refractivity contribution in [1.82, 2.24) is 0 Å². The lowest BCUT2D eigenvalue weighted by molar-refractivity contribution is -0.244. The van der Waals surface area contributed by atoms with Crippen molar-refractivity contribution in [3.05, 3.63) is 35.9 Å². The molecular weight excluding hydrogens is 272 g/mol. The lowest BCUT2D eigenvalue weighted by atomic mass is 10.1. The first kappa shape index (κ1) is 14.9. The molecule has 2 aliphatic heterocycles. The summed E-state index contributed by atoms with van der Waals surface area (Å²) < 4.78 is 23.3. The Bertz CT molecular complexity index is 473. The number of hydrogen-bond donors (Lipinski definition) is 1. The van der Waals surface area contributed by atoms with Gasteiger partial charge in [0.05, 0.1) is 12.7 Å². The largest absolute Gasteiger partial charge is 0.391 e. The second kappa shape index (κ2) is 5.66. The van der Waals surface area contributed by atoms with Gasteiger partial charge in [-0.05, 0) is 26.3 Å². The molecule has 0 radical (unpaired) electrons. The van der Waals surface area contributed by atoms with Crippen molar-refractivity contribution >= 4 is 0 Å². The Morgan fingerprint density at radius 2 is 1.86 bits per heavy atom. The Hall–Kier alpha value is -0.980. The van der Waals surface area contributed by atoms with Crippen molar-refractivity contribution in [3.63, 3.8) is 0 Å². The van der Waals surface area contributed by atoms with Gasteiger partial charge in [0.1, 0.15) is 18.3 Å². The molecule has 5 atom stereocenters. The molecule has 0 saturated carbocycles. The third kappa shape index (κ3) is 3.12. The molecule has 0 unspecified atom stereocenters. The number of fused-ring (bicyclic) bond motifs is 1. The molecule has 5 heteroatoms. The van der Waals surface area contributed by atoms with Gasteiger partial charge in [-0.25, -0.2) is 0 Å². The number of ether oxygens (including phenoxy) is 4. The van der Waals surface area contributed by atoms with Gasteiger partial charge in [0.25, 0.3) is 0 Å². The summed E-state index contributed by atoms with van der Waals surface area (Å²) in [7, 11) is 0. The molecule has 1 N–H and O–H groups in total. The van der Waals surface area contributed by atoms with Gasteiger partial charge in [0.15, 0.2) is 12.1 Å². The van der Waals surface area contributed by atoms with E-state index in [1.165, 1.54) is 0 Å². The van der Waals surface area contributed by atoms with Crippen LogP contribution in [-0.4, -0.2) is 41.6 Å². The Balaban J connectivity index is 1.68. The summed E-state index contributed by atoms with van der Waals surface area (Å²) >= 11 is 0. The normalized spacial score (nSPS) is 35.6. The van der Waals surface area contributed by atoms with E-state index in [9.17, 15) is 5.11 Å². The fourth-order valence-corrected chi connectivity index (χ4v) is 2.87. The number of benzene rings is 1. The second-order valence-corrected chi connectivity index (χ2v) is 6.07. The summed E-state index contributed by atoms with van der Waals surface area (Å²) in [6, 6.07) is 9.89. The second-order valence-electron chi connectivity index (χ2n) is 6.07. The van der Waals surface area contributed by atoms with Crippen molar-refractivity contribution in [3.8, 4) is 0 Å². The van der Waals surface area contributed by atoms with Crippen LogP contribution in [0.15, 0.2) is 30.3 Å². The Kier molecular flexibility index (Phi) is 4.03. The maximum atomic E-state index is 9.86. The van der Waals surface area contributed by atoms with E-state index in [1.807, 2.05) is 44.2 Å². The molecule has 2 aliphatic rings. The van der Waals surface area contributed by atoms with Crippen molar-refractivity contribution in [1.29, 1.82) is 0 Å². The molecule has 2 saturated heterocycles. The van der Waals surface area contributed by atoms with Crippen molar-refractivity contribution in [2.75, 3.05) is 0 Å². The number of rotatable bonds is 4. The van der Waals surface area contributed by atoms with Gasteiger partial charge in [-0.2, -0.15) is 0 Å². The topological polar surface area (TPSA) is 57.2 Å². The van der Waals surface area contributed by atoms with Crippen molar-refractivity contribution in [2.24, 2.45) is 0 Å². The maximum Gasteiger partial charge on any atom is 0.187 e. The highest BCUT2D eigenvalue weighted by Crippen LogP contribution is 2.40. The smallest absolute Gasteiger partial charge is 0.187 e. The minimum Gasteiger partial charge on any atom is -0.391 e. The molecule has 0 aliphatic carbocycles. The number of aliphatic hydroxyl groups is 1. The highest BCUT2D eigenvalue weighted by atomic mass is 16.8. The van der Waals surface area contributed by atoms with Crippen molar-refractivity contribution < 1.29 is 24.1 Å². The van der Waals surface area contributed by atoms with E-state index < -0.39 is 24.3 Å². The zero-order chi connectivity index (χ0) is 15.0. The van der Waals surface area contributed by atoms with Crippen LogP contribution in [0, 0.1) is 0 Å². The molecule has 2 heterocycles. The Morgan fingerprint density at radius 3 is 2.52 bits per heavy atom. The van der Waals surface area contributed by atoms with E-state index in [0.717, 1.165) is 5.56 Å². The molecule has 0 aromatic heterocycles. The van der Waals surface area contributed by atoms with Gasteiger partial charge in [-0.3, -0.25) is 0 Å². The number of aliphatic hydroxyl groups excluding tert-OH is 1. The summed E-state index contributed by atoms with van der Waals surface area (Å²) in [5.74, 6) is -0.680. The predicted molar refractivity (Wildman–Crippen MR) is 75.4 cm³/mol. The van der Waals surface area contributed by atoms with Gasteiger partial charge >= 0.3 is 0 Å². The van der Waals surface area contributed by atoms with Crippen LogP contribution in [0.4, 0.5) is 0 Å². The van der Waals surface area contributed by atoms with E-state index >= 15 is 0 Å². The molecule has 0 bridgehead atoms. The highest BCUT2D eigenvalue weighted by Gasteiger charge is 2.56. The standard InChI is InChI=1S/C16H22O5/c1-10(17)12-13-14(21-16(2,3)20-13)15(19-12)18-9-11-7-5-4-6-8-11/h4-8,10,12-15,17H,9H2,1-3H3/t10-,12-,13+,14+,15+/m1/s1. The monoisotopic (exact) mass is 294 g/mol. The van der Waals surface area contributed by atoms with Crippen LogP contribution in [0.25, 0.3) is 0 Å². The SMILES string of the molecule is C[C@@H](O)[C@H]1O[C@H](OCc2ccccc2)[C@H]2OC(C)(C)O[C@H]21. The quantitative estimate of drug-likeness (QED) is 0.918. The molecule has 0 amide bonds. The summed E-state index contributed by atoms with van der Waals surface area (Å²) in [5.41, 5.74) is 1.07. The third-order valence-electron chi connectivity index (χ3n) is 3.78. The summed E-state index contributed by atoms with van der Waals surface area (Å²) in [4.78, 5) is 0. The van der Waals surface area contributed by atoms with Gasteiger partial charge in [0.2, 0.25) is 0 Å². The summed E-state index contributed by atoms with van der Waals surface area (Å²) in [6.45, 7) is 5.85. The first-order chi connectivity index (χ1) is 9.96. The lowest BCUT2D eigenvalue weighted by Gasteiger charge is -2.25. The summed E-state index contributed by atoms with van der Waals surface area (Å²) in [5, 5.41) is 9.86. The van der Waals surface area contributed by atoms with Crippen LogP contribution in [0.3, 0.4) is 0 Å². The van der Waals surface area contributed by atoms with Crippen LogP contribution >= 0.6 is 0 Å². The average molecular weight is 294 g/mol. The lowest BCUT2D eigenvalue weighted by Crippen LogP contribution is -2.36. The zero-order valence-electron chi connectivity index (χ0n) is 12.6. The van der Waals surface area contributed by atoms with E-state index in [4.69, 9.17) is 18.9 Å². The minimum atomic E-state index is -0.680. The molecule has 3 rings (SSSR count). The first-order valence-electron chi connectivity index (χ1n) is 7.31. The zero-order valence-corrected chi connectivity index (χ0v) is 12.6. The van der Waals surface area contributed by atoms with E-state index in [-0.39, 0.29) is 12.2 Å². The van der Waals surface area contributed by atoms with Crippen LogP contribution in [-0.2, 0) is 25.6 Å². The first-order valence-corrected chi connectivity index (χ1v) is 7.31. The maximum absolute atomic E-state index is 9.86. The van der Waals surface area contributed by atoms with Crippen LogP contribution in [0.5, 0.6) is 0 Å². The summed E-state index contributed by atoms with van der Waals surface area (Å²) in [6.07, 6.45) is -2.22. The molecule has 1 aromatic carbocycles. The van der Waals surface area contributed by atoms with Gasteiger partial charge in [0, 0.05) is 0 Å².